The summed E-state index contributed by atoms with van der Waals surface area (Å²) in [6, 6.07) is 0.445. The van der Waals surface area contributed by atoms with Gasteiger partial charge in [-0.1, -0.05) is 45.4 Å². The van der Waals surface area contributed by atoms with Crippen molar-refractivity contribution in [3.05, 3.63) is 0 Å². The average molecular weight is 254 g/mol. The van der Waals surface area contributed by atoms with Gasteiger partial charge in [-0.05, 0) is 25.8 Å². The van der Waals surface area contributed by atoms with Crippen molar-refractivity contribution in [3.8, 4) is 0 Å². The van der Waals surface area contributed by atoms with Crippen LogP contribution in [0.2, 0.25) is 0 Å². The molecule has 0 aromatic rings. The van der Waals surface area contributed by atoms with Crippen LogP contribution in [0.25, 0.3) is 0 Å². The largest absolute Gasteiger partial charge is 0.353 e. The Kier molecular flexibility index (Phi) is 8.92. The van der Waals surface area contributed by atoms with Gasteiger partial charge in [-0.2, -0.15) is 0 Å². The minimum Gasteiger partial charge on any atom is -0.353 e. The summed E-state index contributed by atoms with van der Waals surface area (Å²) in [5.74, 6) is 0.227. The minimum absolute atomic E-state index is 0.227. The number of amides is 1. The second-order valence-corrected chi connectivity index (χ2v) is 5.46. The van der Waals surface area contributed by atoms with Crippen LogP contribution in [0.3, 0.4) is 0 Å². The lowest BCUT2D eigenvalue weighted by Gasteiger charge is -2.16. The highest BCUT2D eigenvalue weighted by molar-refractivity contribution is 5.76. The monoisotopic (exact) mass is 254 g/mol. The molecule has 1 amide bonds. The summed E-state index contributed by atoms with van der Waals surface area (Å²) in [6.45, 7) is 4.08. The maximum Gasteiger partial charge on any atom is 0.221 e. The highest BCUT2D eigenvalue weighted by atomic mass is 16.1. The van der Waals surface area contributed by atoms with Crippen LogP contribution >= 0.6 is 0 Å². The lowest BCUT2D eigenvalue weighted by Crippen LogP contribution is -2.36. The lowest BCUT2D eigenvalue weighted by molar-refractivity contribution is -0.121. The predicted molar refractivity (Wildman–Crippen MR) is 76.6 cm³/mol. The van der Waals surface area contributed by atoms with Crippen LogP contribution in [0.4, 0.5) is 0 Å². The van der Waals surface area contributed by atoms with Crippen LogP contribution in [-0.4, -0.2) is 25.0 Å². The van der Waals surface area contributed by atoms with Gasteiger partial charge in [0.1, 0.15) is 0 Å². The maximum atomic E-state index is 11.8. The molecule has 0 radical (unpaired) electrons. The first-order valence-corrected chi connectivity index (χ1v) is 7.83. The SMILES string of the molecule is CCCCCNCCC(=O)NC1CCCCCC1. The first kappa shape index (κ1) is 15.5. The number of carbonyl (C=O) groups is 1. The topological polar surface area (TPSA) is 41.1 Å². The summed E-state index contributed by atoms with van der Waals surface area (Å²) < 4.78 is 0. The average Bonchev–Trinajstić information content (AvgIpc) is 2.62. The Balaban J connectivity index is 1.98. The summed E-state index contributed by atoms with van der Waals surface area (Å²) in [6.07, 6.45) is 12.0. The molecule has 1 rings (SSSR count). The normalized spacial score (nSPS) is 17.4. The van der Waals surface area contributed by atoms with Gasteiger partial charge in [-0.25, -0.2) is 0 Å². The summed E-state index contributed by atoms with van der Waals surface area (Å²) in [7, 11) is 0. The maximum absolute atomic E-state index is 11.8. The molecule has 106 valence electrons. The molecule has 0 heterocycles. The summed E-state index contributed by atoms with van der Waals surface area (Å²) in [5.41, 5.74) is 0. The fourth-order valence-electron chi connectivity index (χ4n) is 2.55. The Labute approximate surface area is 112 Å². The molecule has 18 heavy (non-hydrogen) atoms. The first-order valence-electron chi connectivity index (χ1n) is 7.83. The second kappa shape index (κ2) is 10.4. The van der Waals surface area contributed by atoms with Crippen LogP contribution in [0.1, 0.15) is 71.1 Å². The van der Waals surface area contributed by atoms with Crippen LogP contribution in [0.5, 0.6) is 0 Å². The minimum atomic E-state index is 0.227. The van der Waals surface area contributed by atoms with Gasteiger partial charge in [0.15, 0.2) is 0 Å². The first-order chi connectivity index (χ1) is 8.83. The van der Waals surface area contributed by atoms with Crippen molar-refractivity contribution < 1.29 is 4.79 Å². The van der Waals surface area contributed by atoms with E-state index in [9.17, 15) is 4.79 Å². The van der Waals surface area contributed by atoms with Gasteiger partial charge in [-0.3, -0.25) is 4.79 Å². The molecular formula is C15H30N2O. The highest BCUT2D eigenvalue weighted by Gasteiger charge is 2.13. The Morgan fingerprint density at radius 2 is 1.78 bits per heavy atom. The molecule has 0 aliphatic heterocycles. The Morgan fingerprint density at radius 3 is 2.44 bits per heavy atom. The number of unbranched alkanes of at least 4 members (excludes halogenated alkanes) is 2. The standard InChI is InChI=1S/C15H30N2O/c1-2-3-8-12-16-13-11-15(18)17-14-9-6-4-5-7-10-14/h14,16H,2-13H2,1H3,(H,17,18). The van der Waals surface area contributed by atoms with E-state index < -0.39 is 0 Å². The van der Waals surface area contributed by atoms with Crippen LogP contribution < -0.4 is 10.6 Å². The third-order valence-electron chi connectivity index (χ3n) is 3.71. The van der Waals surface area contributed by atoms with Gasteiger partial charge in [0, 0.05) is 19.0 Å². The zero-order valence-corrected chi connectivity index (χ0v) is 12.0. The molecule has 1 aliphatic rings. The van der Waals surface area contributed by atoms with Crippen LogP contribution in [0.15, 0.2) is 0 Å². The van der Waals surface area contributed by atoms with Gasteiger partial charge in [-0.15, -0.1) is 0 Å². The summed E-state index contributed by atoms with van der Waals surface area (Å²) >= 11 is 0. The third kappa shape index (κ3) is 7.70. The number of nitrogens with one attached hydrogen (secondary N) is 2. The van der Waals surface area contributed by atoms with E-state index in [1.807, 2.05) is 0 Å². The lowest BCUT2D eigenvalue weighted by atomic mass is 10.1. The second-order valence-electron chi connectivity index (χ2n) is 5.46. The molecule has 3 heteroatoms. The molecule has 0 spiro atoms. The van der Waals surface area contributed by atoms with E-state index in [2.05, 4.69) is 17.6 Å². The van der Waals surface area contributed by atoms with E-state index in [1.54, 1.807) is 0 Å². The van der Waals surface area contributed by atoms with Crippen molar-refractivity contribution in [1.82, 2.24) is 10.6 Å². The van der Waals surface area contributed by atoms with E-state index in [-0.39, 0.29) is 5.91 Å². The van der Waals surface area contributed by atoms with Crippen LogP contribution in [0, 0.1) is 0 Å². The molecule has 2 N–H and O–H groups in total. The zero-order valence-electron chi connectivity index (χ0n) is 12.0. The number of rotatable bonds is 8. The van der Waals surface area contributed by atoms with Gasteiger partial charge in [0.25, 0.3) is 0 Å². The zero-order chi connectivity index (χ0) is 13.1. The molecule has 0 bridgehead atoms. The smallest absolute Gasteiger partial charge is 0.221 e. The molecule has 1 aliphatic carbocycles. The quantitative estimate of drug-likeness (QED) is 0.516. The predicted octanol–water partition coefficient (Wildman–Crippen LogP) is 3.00. The molecule has 1 saturated carbocycles. The molecule has 0 saturated heterocycles. The Hall–Kier alpha value is -0.570. The third-order valence-corrected chi connectivity index (χ3v) is 3.71. The molecule has 0 aromatic carbocycles. The summed E-state index contributed by atoms with van der Waals surface area (Å²) in [5, 5.41) is 6.52. The van der Waals surface area contributed by atoms with E-state index in [0.717, 1.165) is 13.1 Å². The van der Waals surface area contributed by atoms with E-state index in [4.69, 9.17) is 0 Å². The number of hydrogen-bond donors (Lipinski definition) is 2. The Morgan fingerprint density at radius 1 is 1.06 bits per heavy atom. The van der Waals surface area contributed by atoms with Crippen LogP contribution in [-0.2, 0) is 4.79 Å². The van der Waals surface area contributed by atoms with Crippen molar-refractivity contribution in [2.45, 2.75) is 77.2 Å². The van der Waals surface area contributed by atoms with E-state index in [1.165, 1.54) is 57.8 Å². The fraction of sp³-hybridized carbons (Fsp3) is 0.933. The number of carbonyl (C=O) groups excluding carboxylic acids is 1. The molecule has 0 atom stereocenters. The van der Waals surface area contributed by atoms with Gasteiger partial charge in [0.05, 0.1) is 0 Å². The van der Waals surface area contributed by atoms with Crippen molar-refractivity contribution in [2.24, 2.45) is 0 Å². The van der Waals surface area contributed by atoms with Gasteiger partial charge >= 0.3 is 0 Å². The highest BCUT2D eigenvalue weighted by Crippen LogP contribution is 2.17. The summed E-state index contributed by atoms with van der Waals surface area (Å²) in [4.78, 5) is 11.8. The van der Waals surface area contributed by atoms with Crippen molar-refractivity contribution in [3.63, 3.8) is 0 Å². The molecule has 1 fully saturated rings. The Bertz CT molecular complexity index is 211. The van der Waals surface area contributed by atoms with Crippen molar-refractivity contribution in [2.75, 3.05) is 13.1 Å². The van der Waals surface area contributed by atoms with E-state index >= 15 is 0 Å². The van der Waals surface area contributed by atoms with Gasteiger partial charge in [0.2, 0.25) is 5.91 Å². The fourth-order valence-corrected chi connectivity index (χ4v) is 2.55. The van der Waals surface area contributed by atoms with Gasteiger partial charge < -0.3 is 10.6 Å². The molecule has 0 unspecified atom stereocenters. The molecule has 0 aromatic heterocycles. The number of hydrogen-bond acceptors (Lipinski definition) is 2. The van der Waals surface area contributed by atoms with E-state index in [0.29, 0.717) is 12.5 Å². The van der Waals surface area contributed by atoms with Crippen molar-refractivity contribution in [1.29, 1.82) is 0 Å². The van der Waals surface area contributed by atoms with Crippen molar-refractivity contribution >= 4 is 5.91 Å². The molecular weight excluding hydrogens is 224 g/mol. The molecule has 3 nitrogen and oxygen atoms in total.